The number of aliphatic hydroxyl groups is 1. The SMILES string of the molecule is COc1cc(Sc2ccccn2)c(Cl)cc1CCCCO. The van der Waals surface area contributed by atoms with E-state index >= 15 is 0 Å². The Bertz CT molecular complexity index is 578. The summed E-state index contributed by atoms with van der Waals surface area (Å²) < 4.78 is 5.45. The molecule has 0 saturated heterocycles. The lowest BCUT2D eigenvalue weighted by atomic mass is 10.1. The van der Waals surface area contributed by atoms with Gasteiger partial charge in [-0.15, -0.1) is 0 Å². The number of aryl methyl sites for hydroxylation is 1. The van der Waals surface area contributed by atoms with Crippen molar-refractivity contribution in [2.45, 2.75) is 29.2 Å². The molecule has 0 radical (unpaired) electrons. The predicted octanol–water partition coefficient (Wildman–Crippen LogP) is 4.21. The molecule has 112 valence electrons. The first kappa shape index (κ1) is 16.1. The predicted molar refractivity (Wildman–Crippen MR) is 86.4 cm³/mol. The molecular formula is C16H18ClNO2S. The van der Waals surface area contributed by atoms with Crippen molar-refractivity contribution >= 4 is 23.4 Å². The van der Waals surface area contributed by atoms with Crippen LogP contribution >= 0.6 is 23.4 Å². The van der Waals surface area contributed by atoms with Crippen LogP contribution in [0.2, 0.25) is 5.02 Å². The van der Waals surface area contributed by atoms with Crippen LogP contribution in [-0.4, -0.2) is 23.8 Å². The summed E-state index contributed by atoms with van der Waals surface area (Å²) in [6.07, 6.45) is 4.30. The van der Waals surface area contributed by atoms with Gasteiger partial charge in [0.05, 0.1) is 12.1 Å². The smallest absolute Gasteiger partial charge is 0.123 e. The van der Waals surface area contributed by atoms with Gasteiger partial charge in [0.1, 0.15) is 10.8 Å². The molecule has 2 aromatic rings. The van der Waals surface area contributed by atoms with Crippen LogP contribution in [0.4, 0.5) is 0 Å². The van der Waals surface area contributed by atoms with Gasteiger partial charge < -0.3 is 9.84 Å². The number of rotatable bonds is 7. The monoisotopic (exact) mass is 323 g/mol. The number of aliphatic hydroxyl groups excluding tert-OH is 1. The van der Waals surface area contributed by atoms with Crippen LogP contribution in [0.5, 0.6) is 5.75 Å². The molecule has 3 nitrogen and oxygen atoms in total. The van der Waals surface area contributed by atoms with Crippen molar-refractivity contribution in [3.05, 3.63) is 47.1 Å². The Balaban J connectivity index is 2.19. The topological polar surface area (TPSA) is 42.4 Å². The molecule has 0 aliphatic rings. The van der Waals surface area contributed by atoms with Crippen LogP contribution in [0.25, 0.3) is 0 Å². The Labute approximate surface area is 134 Å². The Morgan fingerprint density at radius 3 is 2.81 bits per heavy atom. The lowest BCUT2D eigenvalue weighted by Gasteiger charge is -2.12. The van der Waals surface area contributed by atoms with Gasteiger partial charge in [-0.2, -0.15) is 0 Å². The fraction of sp³-hybridized carbons (Fsp3) is 0.312. The van der Waals surface area contributed by atoms with Crippen molar-refractivity contribution in [3.63, 3.8) is 0 Å². The van der Waals surface area contributed by atoms with Gasteiger partial charge in [-0.25, -0.2) is 4.98 Å². The summed E-state index contributed by atoms with van der Waals surface area (Å²) >= 11 is 7.89. The first-order chi connectivity index (χ1) is 10.2. The van der Waals surface area contributed by atoms with E-state index in [2.05, 4.69) is 4.98 Å². The second-order valence-electron chi connectivity index (χ2n) is 4.55. The van der Waals surface area contributed by atoms with E-state index in [1.54, 1.807) is 13.3 Å². The molecule has 0 fully saturated rings. The van der Waals surface area contributed by atoms with Gasteiger partial charge in [0.15, 0.2) is 0 Å². The number of hydrogen-bond donors (Lipinski definition) is 1. The van der Waals surface area contributed by atoms with Crippen LogP contribution in [0.3, 0.4) is 0 Å². The number of pyridine rings is 1. The minimum absolute atomic E-state index is 0.212. The standard InChI is InChI=1S/C16H18ClNO2S/c1-20-14-11-15(21-16-7-2-4-8-18-16)13(17)10-12(14)6-3-5-9-19/h2,4,7-8,10-11,19H,3,5-6,9H2,1H3. The lowest BCUT2D eigenvalue weighted by molar-refractivity contribution is 0.284. The summed E-state index contributed by atoms with van der Waals surface area (Å²) in [6, 6.07) is 9.68. The second kappa shape index (κ2) is 8.27. The number of unbranched alkanes of at least 4 members (excludes halogenated alkanes) is 1. The fourth-order valence-corrected chi connectivity index (χ4v) is 3.10. The van der Waals surface area contributed by atoms with Gasteiger partial charge in [0.2, 0.25) is 0 Å². The highest BCUT2D eigenvalue weighted by Crippen LogP contribution is 2.37. The van der Waals surface area contributed by atoms with E-state index < -0.39 is 0 Å². The third kappa shape index (κ3) is 4.63. The molecule has 0 bridgehead atoms. The van der Waals surface area contributed by atoms with Gasteiger partial charge in [-0.05, 0) is 49.1 Å². The highest BCUT2D eigenvalue weighted by atomic mass is 35.5. The average Bonchev–Trinajstić information content (AvgIpc) is 2.51. The van der Waals surface area contributed by atoms with E-state index in [0.29, 0.717) is 5.02 Å². The molecule has 2 rings (SSSR count). The minimum atomic E-state index is 0.212. The molecule has 21 heavy (non-hydrogen) atoms. The Kier molecular flexibility index (Phi) is 6.36. The van der Waals surface area contributed by atoms with E-state index in [9.17, 15) is 0 Å². The van der Waals surface area contributed by atoms with Crippen molar-refractivity contribution in [1.29, 1.82) is 0 Å². The van der Waals surface area contributed by atoms with Crippen molar-refractivity contribution < 1.29 is 9.84 Å². The Morgan fingerprint density at radius 2 is 2.14 bits per heavy atom. The Hall–Kier alpha value is -1.23. The molecule has 0 atom stereocenters. The van der Waals surface area contributed by atoms with Gasteiger partial charge >= 0.3 is 0 Å². The molecule has 1 aromatic heterocycles. The van der Waals surface area contributed by atoms with Gasteiger partial charge in [-0.1, -0.05) is 29.4 Å². The molecule has 1 heterocycles. The molecule has 0 aliphatic heterocycles. The number of benzene rings is 1. The van der Waals surface area contributed by atoms with Crippen molar-refractivity contribution in [2.75, 3.05) is 13.7 Å². The molecule has 1 N–H and O–H groups in total. The number of aromatic nitrogens is 1. The first-order valence-corrected chi connectivity index (χ1v) is 8.00. The third-order valence-corrected chi connectivity index (χ3v) is 4.47. The van der Waals surface area contributed by atoms with E-state index in [1.165, 1.54) is 11.8 Å². The quantitative estimate of drug-likeness (QED) is 0.775. The summed E-state index contributed by atoms with van der Waals surface area (Å²) in [7, 11) is 1.66. The maximum absolute atomic E-state index is 8.87. The van der Waals surface area contributed by atoms with E-state index in [4.69, 9.17) is 21.4 Å². The lowest BCUT2D eigenvalue weighted by Crippen LogP contribution is -1.95. The molecule has 0 unspecified atom stereocenters. The maximum Gasteiger partial charge on any atom is 0.123 e. The third-order valence-electron chi connectivity index (χ3n) is 3.04. The molecule has 5 heteroatoms. The van der Waals surface area contributed by atoms with E-state index in [1.807, 2.05) is 30.3 Å². The minimum Gasteiger partial charge on any atom is -0.496 e. The molecule has 0 amide bonds. The molecule has 0 aliphatic carbocycles. The maximum atomic E-state index is 8.87. The van der Waals surface area contributed by atoms with Crippen molar-refractivity contribution in [3.8, 4) is 5.75 Å². The van der Waals surface area contributed by atoms with Gasteiger partial charge in [0, 0.05) is 17.7 Å². The summed E-state index contributed by atoms with van der Waals surface area (Å²) in [5.41, 5.74) is 1.07. The van der Waals surface area contributed by atoms with Crippen LogP contribution in [-0.2, 0) is 6.42 Å². The number of hydrogen-bond acceptors (Lipinski definition) is 4. The normalized spacial score (nSPS) is 10.6. The average molecular weight is 324 g/mol. The zero-order valence-corrected chi connectivity index (χ0v) is 13.5. The zero-order chi connectivity index (χ0) is 15.1. The summed E-state index contributed by atoms with van der Waals surface area (Å²) in [5, 5.41) is 10.5. The van der Waals surface area contributed by atoms with Gasteiger partial charge in [0.25, 0.3) is 0 Å². The largest absolute Gasteiger partial charge is 0.496 e. The molecule has 0 saturated carbocycles. The van der Waals surface area contributed by atoms with Gasteiger partial charge in [-0.3, -0.25) is 0 Å². The zero-order valence-electron chi connectivity index (χ0n) is 11.9. The van der Waals surface area contributed by atoms with Crippen LogP contribution in [0.1, 0.15) is 18.4 Å². The molecule has 1 aromatic carbocycles. The summed E-state index contributed by atoms with van der Waals surface area (Å²) in [5.74, 6) is 0.829. The summed E-state index contributed by atoms with van der Waals surface area (Å²) in [6.45, 7) is 0.212. The Morgan fingerprint density at radius 1 is 1.29 bits per heavy atom. The number of methoxy groups -OCH3 is 1. The highest BCUT2D eigenvalue weighted by Gasteiger charge is 2.11. The number of nitrogens with zero attached hydrogens (tertiary/aromatic N) is 1. The van der Waals surface area contributed by atoms with Crippen LogP contribution in [0.15, 0.2) is 46.5 Å². The second-order valence-corrected chi connectivity index (χ2v) is 6.01. The number of halogens is 1. The van der Waals surface area contributed by atoms with Crippen LogP contribution < -0.4 is 4.74 Å². The van der Waals surface area contributed by atoms with Crippen LogP contribution in [0, 0.1) is 0 Å². The van der Waals surface area contributed by atoms with E-state index in [-0.39, 0.29) is 6.61 Å². The van der Waals surface area contributed by atoms with Crippen molar-refractivity contribution in [2.24, 2.45) is 0 Å². The number of ether oxygens (including phenoxy) is 1. The summed E-state index contributed by atoms with van der Waals surface area (Å²) in [4.78, 5) is 5.22. The van der Waals surface area contributed by atoms with Crippen molar-refractivity contribution in [1.82, 2.24) is 4.98 Å². The molecule has 0 spiro atoms. The molecular weight excluding hydrogens is 306 g/mol. The first-order valence-electron chi connectivity index (χ1n) is 6.80. The fourth-order valence-electron chi connectivity index (χ4n) is 1.99. The highest BCUT2D eigenvalue weighted by molar-refractivity contribution is 7.99. The van der Waals surface area contributed by atoms with E-state index in [0.717, 1.165) is 40.5 Å².